The maximum atomic E-state index is 11.5. The van der Waals surface area contributed by atoms with Gasteiger partial charge in [-0.3, -0.25) is 4.79 Å². The van der Waals surface area contributed by atoms with Gasteiger partial charge in [-0.1, -0.05) is 0 Å². The molecule has 1 N–H and O–H groups in total. The van der Waals surface area contributed by atoms with Crippen molar-refractivity contribution in [2.75, 3.05) is 31.7 Å². The molecule has 0 radical (unpaired) electrons. The summed E-state index contributed by atoms with van der Waals surface area (Å²) in [7, 11) is 1.29. The van der Waals surface area contributed by atoms with E-state index in [1.807, 2.05) is 0 Å². The van der Waals surface area contributed by atoms with Gasteiger partial charge in [0.2, 0.25) is 0 Å². The number of carbonyl (C=O) groups is 2. The van der Waals surface area contributed by atoms with E-state index in [1.54, 1.807) is 18.2 Å². The number of rotatable bonds is 4. The van der Waals surface area contributed by atoms with E-state index in [4.69, 9.17) is 5.11 Å². The molecule has 1 aliphatic rings. The second-order valence-electron chi connectivity index (χ2n) is 4.66. The van der Waals surface area contributed by atoms with E-state index in [0.717, 1.165) is 25.2 Å². The number of aldehydes is 1. The summed E-state index contributed by atoms with van der Waals surface area (Å²) in [6.45, 7) is 1.80. The fourth-order valence-electron chi connectivity index (χ4n) is 2.36. The minimum atomic E-state index is -0.511. The van der Waals surface area contributed by atoms with E-state index >= 15 is 0 Å². The van der Waals surface area contributed by atoms with E-state index in [1.165, 1.54) is 7.11 Å². The highest BCUT2D eigenvalue weighted by atomic mass is 16.5. The Hall–Kier alpha value is -1.88. The molecule has 1 heterocycles. The first-order chi connectivity index (χ1) is 9.19. The van der Waals surface area contributed by atoms with Gasteiger partial charge in [-0.25, -0.2) is 4.79 Å². The molecule has 0 aromatic heterocycles. The van der Waals surface area contributed by atoms with Gasteiger partial charge in [0, 0.05) is 36.9 Å². The van der Waals surface area contributed by atoms with Crippen LogP contribution in [0.25, 0.3) is 0 Å². The monoisotopic (exact) mass is 263 g/mol. The molecule has 1 aromatic rings. The van der Waals surface area contributed by atoms with Crippen molar-refractivity contribution in [2.24, 2.45) is 5.92 Å². The highest BCUT2D eigenvalue weighted by Crippen LogP contribution is 2.25. The largest absolute Gasteiger partial charge is 0.465 e. The molecule has 0 saturated carbocycles. The molecular weight excluding hydrogens is 246 g/mol. The van der Waals surface area contributed by atoms with Crippen LogP contribution in [0.3, 0.4) is 0 Å². The number of anilines is 1. The minimum absolute atomic E-state index is 0.178. The molecule has 0 bridgehead atoms. The average molecular weight is 263 g/mol. The molecule has 2 rings (SSSR count). The van der Waals surface area contributed by atoms with Gasteiger partial charge in [-0.15, -0.1) is 0 Å². The van der Waals surface area contributed by atoms with Crippen molar-refractivity contribution in [3.8, 4) is 0 Å². The standard InChI is InChI=1S/C14H17NO4/c1-19-14(18)13-3-2-12(6-11(13)9-17)15-5-4-10(7-15)8-16/h2-3,6,9-10,16H,4-5,7-8H2,1H3/t10-/m1/s1. The third kappa shape index (κ3) is 2.76. The van der Waals surface area contributed by atoms with Gasteiger partial charge < -0.3 is 14.7 Å². The van der Waals surface area contributed by atoms with Crippen LogP contribution in [-0.2, 0) is 4.74 Å². The lowest BCUT2D eigenvalue weighted by atomic mass is 10.1. The van der Waals surface area contributed by atoms with Crippen LogP contribution >= 0.6 is 0 Å². The van der Waals surface area contributed by atoms with Gasteiger partial charge in [0.1, 0.15) is 0 Å². The fourth-order valence-corrected chi connectivity index (χ4v) is 2.36. The van der Waals surface area contributed by atoms with Crippen LogP contribution in [0.15, 0.2) is 18.2 Å². The summed E-state index contributed by atoms with van der Waals surface area (Å²) in [5.74, 6) is -0.233. The summed E-state index contributed by atoms with van der Waals surface area (Å²) in [6, 6.07) is 5.11. The molecule has 1 saturated heterocycles. The SMILES string of the molecule is COC(=O)c1ccc(N2CC[C@@H](CO)C2)cc1C=O. The third-order valence-electron chi connectivity index (χ3n) is 3.48. The van der Waals surface area contributed by atoms with E-state index in [2.05, 4.69) is 9.64 Å². The summed E-state index contributed by atoms with van der Waals surface area (Å²) >= 11 is 0. The predicted octanol–water partition coefficient (Wildman–Crippen LogP) is 1.10. The molecule has 0 spiro atoms. The Morgan fingerprint density at radius 1 is 1.58 bits per heavy atom. The molecule has 0 amide bonds. The van der Waals surface area contributed by atoms with E-state index < -0.39 is 5.97 Å². The number of hydrogen-bond donors (Lipinski definition) is 1. The lowest BCUT2D eigenvalue weighted by molar-refractivity contribution is 0.0598. The molecule has 5 nitrogen and oxygen atoms in total. The second-order valence-corrected chi connectivity index (χ2v) is 4.66. The van der Waals surface area contributed by atoms with Crippen LogP contribution in [0.4, 0.5) is 5.69 Å². The lowest BCUT2D eigenvalue weighted by Gasteiger charge is -2.19. The van der Waals surface area contributed by atoms with E-state index in [0.29, 0.717) is 11.8 Å². The Labute approximate surface area is 111 Å². The molecular formula is C14H17NO4. The smallest absolute Gasteiger partial charge is 0.338 e. The van der Waals surface area contributed by atoms with Crippen molar-refractivity contribution in [2.45, 2.75) is 6.42 Å². The number of hydrogen-bond acceptors (Lipinski definition) is 5. The normalized spacial score (nSPS) is 18.4. The Kier molecular flexibility index (Phi) is 4.16. The van der Waals surface area contributed by atoms with Crippen LogP contribution in [-0.4, -0.2) is 44.2 Å². The number of nitrogens with zero attached hydrogens (tertiary/aromatic N) is 1. The number of carbonyl (C=O) groups excluding carboxylic acids is 2. The van der Waals surface area contributed by atoms with Crippen LogP contribution < -0.4 is 4.90 Å². The molecule has 1 aliphatic heterocycles. The molecule has 102 valence electrons. The fraction of sp³-hybridized carbons (Fsp3) is 0.429. The Bertz CT molecular complexity index is 486. The highest BCUT2D eigenvalue weighted by molar-refractivity contribution is 5.99. The number of aliphatic hydroxyl groups is 1. The van der Waals surface area contributed by atoms with Crippen LogP contribution in [0, 0.1) is 5.92 Å². The summed E-state index contributed by atoms with van der Waals surface area (Å²) in [5.41, 5.74) is 1.50. The number of benzene rings is 1. The molecule has 1 fully saturated rings. The van der Waals surface area contributed by atoms with Crippen molar-refractivity contribution in [3.05, 3.63) is 29.3 Å². The van der Waals surface area contributed by atoms with Crippen LogP contribution in [0.2, 0.25) is 0 Å². The Morgan fingerprint density at radius 2 is 2.37 bits per heavy atom. The zero-order valence-electron chi connectivity index (χ0n) is 10.8. The zero-order valence-corrected chi connectivity index (χ0v) is 10.8. The Morgan fingerprint density at radius 3 is 2.95 bits per heavy atom. The van der Waals surface area contributed by atoms with Gasteiger partial charge in [0.05, 0.1) is 12.7 Å². The first-order valence-corrected chi connectivity index (χ1v) is 6.23. The second kappa shape index (κ2) is 5.84. The van der Waals surface area contributed by atoms with Gasteiger partial charge in [0.25, 0.3) is 0 Å². The first-order valence-electron chi connectivity index (χ1n) is 6.23. The van der Waals surface area contributed by atoms with Crippen molar-refractivity contribution >= 4 is 17.9 Å². The van der Waals surface area contributed by atoms with Crippen LogP contribution in [0.5, 0.6) is 0 Å². The van der Waals surface area contributed by atoms with E-state index in [9.17, 15) is 9.59 Å². The molecule has 5 heteroatoms. The maximum absolute atomic E-state index is 11.5. The Balaban J connectivity index is 2.24. The number of esters is 1. The summed E-state index contributed by atoms with van der Waals surface area (Å²) in [4.78, 5) is 24.7. The quantitative estimate of drug-likeness (QED) is 0.651. The summed E-state index contributed by atoms with van der Waals surface area (Å²) in [5, 5.41) is 9.14. The van der Waals surface area contributed by atoms with Gasteiger partial charge >= 0.3 is 5.97 Å². The third-order valence-corrected chi connectivity index (χ3v) is 3.48. The minimum Gasteiger partial charge on any atom is -0.465 e. The number of ether oxygens (including phenoxy) is 1. The topological polar surface area (TPSA) is 66.8 Å². The molecule has 0 unspecified atom stereocenters. The van der Waals surface area contributed by atoms with Gasteiger partial charge in [-0.05, 0) is 24.6 Å². The molecule has 0 aliphatic carbocycles. The molecule has 19 heavy (non-hydrogen) atoms. The van der Waals surface area contributed by atoms with Crippen LogP contribution in [0.1, 0.15) is 27.1 Å². The molecule has 1 aromatic carbocycles. The van der Waals surface area contributed by atoms with Crippen molar-refractivity contribution in [3.63, 3.8) is 0 Å². The van der Waals surface area contributed by atoms with Gasteiger partial charge in [0.15, 0.2) is 6.29 Å². The highest BCUT2D eigenvalue weighted by Gasteiger charge is 2.23. The van der Waals surface area contributed by atoms with Crippen molar-refractivity contribution in [1.82, 2.24) is 0 Å². The predicted molar refractivity (Wildman–Crippen MR) is 70.6 cm³/mol. The van der Waals surface area contributed by atoms with E-state index in [-0.39, 0.29) is 18.1 Å². The lowest BCUT2D eigenvalue weighted by Crippen LogP contribution is -2.21. The zero-order chi connectivity index (χ0) is 13.8. The van der Waals surface area contributed by atoms with Gasteiger partial charge in [-0.2, -0.15) is 0 Å². The summed E-state index contributed by atoms with van der Waals surface area (Å²) in [6.07, 6.45) is 1.60. The molecule has 1 atom stereocenters. The average Bonchev–Trinajstić information content (AvgIpc) is 2.94. The van der Waals surface area contributed by atoms with Crippen molar-refractivity contribution in [1.29, 1.82) is 0 Å². The number of methoxy groups -OCH3 is 1. The maximum Gasteiger partial charge on any atom is 0.338 e. The first kappa shape index (κ1) is 13.5. The van der Waals surface area contributed by atoms with Crippen molar-refractivity contribution < 1.29 is 19.4 Å². The number of aliphatic hydroxyl groups excluding tert-OH is 1. The summed E-state index contributed by atoms with van der Waals surface area (Å²) < 4.78 is 4.63.